The fraction of sp³-hybridized carbons (Fsp3) is 0.185. The van der Waals surface area contributed by atoms with Crippen LogP contribution in [0.4, 0.5) is 46.6 Å². The number of rotatable bonds is 4. The second-order valence-corrected chi connectivity index (χ2v) is 10.4. The Morgan fingerprint density at radius 2 is 1.77 bits per heavy atom. The molecule has 3 heterocycles. The Balaban J connectivity index is 1.68. The van der Waals surface area contributed by atoms with E-state index in [1.54, 1.807) is 0 Å². The summed E-state index contributed by atoms with van der Waals surface area (Å²) >= 11 is 6.34. The lowest BCUT2D eigenvalue weighted by atomic mass is 9.95. The number of anilines is 2. The average molecular weight is 642 g/mol. The molecule has 1 atom stereocenters. The highest BCUT2D eigenvalue weighted by molar-refractivity contribution is 6.31. The highest BCUT2D eigenvalue weighted by atomic mass is 35.5. The molecule has 3 aromatic carbocycles. The topological polar surface area (TPSA) is 101 Å². The fourth-order valence-electron chi connectivity index (χ4n) is 5.44. The molecule has 8 nitrogen and oxygen atoms in total. The summed E-state index contributed by atoms with van der Waals surface area (Å²) in [7, 11) is 1.28. The molecule has 0 saturated carbocycles. The van der Waals surface area contributed by atoms with Crippen molar-refractivity contribution in [3.63, 3.8) is 0 Å². The van der Waals surface area contributed by atoms with Crippen LogP contribution in [0, 0.1) is 17.0 Å². The standard InChI is InChI=1S/C27H16ClF8N7O/c1-42-22-18(43(25(42)37)9-26(31,32)33)7-17(19-20(22)24(44)40-21(19)13-4-10(29)2-3-16(13)28)39-23-12-5-11(30)6-15(27(34,35)36)14(12)8-38-41-23/h2-8,21,37H,9H2,1H3,(H,39,41)(H,40,44). The number of halogens is 9. The predicted octanol–water partition coefficient (Wildman–Crippen LogP) is 6.49. The van der Waals surface area contributed by atoms with Crippen LogP contribution < -0.4 is 16.3 Å². The monoisotopic (exact) mass is 641 g/mol. The summed E-state index contributed by atoms with van der Waals surface area (Å²) in [4.78, 5) is 13.4. The Morgan fingerprint density at radius 3 is 2.45 bits per heavy atom. The van der Waals surface area contributed by atoms with Gasteiger partial charge in [-0.25, -0.2) is 8.78 Å². The summed E-state index contributed by atoms with van der Waals surface area (Å²) in [6.45, 7) is -1.61. The molecule has 1 aliphatic heterocycles. The van der Waals surface area contributed by atoms with Crippen LogP contribution in [0.3, 0.4) is 0 Å². The molecule has 1 aliphatic rings. The summed E-state index contributed by atoms with van der Waals surface area (Å²) in [6, 6.07) is 4.29. The third kappa shape index (κ3) is 4.78. The minimum Gasteiger partial charge on any atom is -0.341 e. The third-order valence-electron chi connectivity index (χ3n) is 7.22. The first-order valence-electron chi connectivity index (χ1n) is 12.5. The number of carbonyl (C=O) groups excluding carboxylic acids is 1. The molecule has 1 amide bonds. The average Bonchev–Trinajstić information content (AvgIpc) is 3.38. The minimum absolute atomic E-state index is 0.0117. The highest BCUT2D eigenvalue weighted by Gasteiger charge is 2.39. The van der Waals surface area contributed by atoms with Gasteiger partial charge in [0.05, 0.1) is 34.4 Å². The van der Waals surface area contributed by atoms with Crippen molar-refractivity contribution in [3.05, 3.63) is 87.1 Å². The molecule has 1 unspecified atom stereocenters. The predicted molar refractivity (Wildman–Crippen MR) is 141 cm³/mol. The molecular weight excluding hydrogens is 626 g/mol. The molecule has 3 N–H and O–H groups in total. The molecule has 6 rings (SSSR count). The number of hydrogen-bond acceptors (Lipinski definition) is 5. The van der Waals surface area contributed by atoms with E-state index in [0.717, 1.165) is 35.0 Å². The van der Waals surface area contributed by atoms with Gasteiger partial charge < -0.3 is 19.8 Å². The Hall–Kier alpha value is -4.73. The fourth-order valence-corrected chi connectivity index (χ4v) is 5.67. The van der Waals surface area contributed by atoms with Crippen LogP contribution in [0.15, 0.2) is 42.6 Å². The molecule has 0 aliphatic carbocycles. The maximum absolute atomic E-state index is 14.4. The van der Waals surface area contributed by atoms with Crippen molar-refractivity contribution in [3.8, 4) is 0 Å². The normalized spacial score (nSPS) is 15.2. The van der Waals surface area contributed by atoms with Crippen molar-refractivity contribution in [2.45, 2.75) is 24.9 Å². The van der Waals surface area contributed by atoms with Gasteiger partial charge >= 0.3 is 12.4 Å². The van der Waals surface area contributed by atoms with Crippen LogP contribution in [0.2, 0.25) is 5.02 Å². The molecular formula is C27H16ClF8N7O. The summed E-state index contributed by atoms with van der Waals surface area (Å²) in [5.41, 5.74) is -2.61. The zero-order chi connectivity index (χ0) is 31.9. The maximum atomic E-state index is 14.4. The lowest BCUT2D eigenvalue weighted by molar-refractivity contribution is -0.140. The van der Waals surface area contributed by atoms with Gasteiger partial charge in [0.15, 0.2) is 5.82 Å². The van der Waals surface area contributed by atoms with E-state index in [1.807, 2.05) is 0 Å². The quantitative estimate of drug-likeness (QED) is 0.195. The number of fused-ring (bicyclic) bond motifs is 4. The first kappa shape index (κ1) is 29.3. The molecule has 0 saturated heterocycles. The van der Waals surface area contributed by atoms with Crippen LogP contribution in [-0.2, 0) is 19.8 Å². The van der Waals surface area contributed by atoms with Gasteiger partial charge in [-0.1, -0.05) is 11.6 Å². The molecule has 2 aromatic heterocycles. The minimum atomic E-state index is -4.98. The number of aryl methyl sites for hydroxylation is 1. The van der Waals surface area contributed by atoms with Gasteiger partial charge in [-0.05, 0) is 36.4 Å². The zero-order valence-corrected chi connectivity index (χ0v) is 22.7. The first-order valence-corrected chi connectivity index (χ1v) is 12.9. The van der Waals surface area contributed by atoms with E-state index in [0.29, 0.717) is 4.57 Å². The van der Waals surface area contributed by atoms with Gasteiger partial charge in [-0.2, -0.15) is 31.4 Å². The van der Waals surface area contributed by atoms with Gasteiger partial charge in [0.25, 0.3) is 5.91 Å². The molecule has 5 aromatic rings. The zero-order valence-electron chi connectivity index (χ0n) is 21.9. The Kier molecular flexibility index (Phi) is 6.60. The lowest BCUT2D eigenvalue weighted by Gasteiger charge is -2.20. The van der Waals surface area contributed by atoms with E-state index < -0.39 is 64.9 Å². The van der Waals surface area contributed by atoms with Gasteiger partial charge in [0.1, 0.15) is 18.2 Å². The Labute approximate surface area is 245 Å². The van der Waals surface area contributed by atoms with Gasteiger partial charge in [-0.3, -0.25) is 10.2 Å². The van der Waals surface area contributed by atoms with Crippen LogP contribution >= 0.6 is 11.6 Å². The SMILES string of the molecule is Cn1c(=N)n(CC(F)(F)F)c2cc(Nc3nncc4c(C(F)(F)F)cc(F)cc34)c3c(c21)C(=O)NC3c1cc(F)ccc1Cl. The van der Waals surface area contributed by atoms with E-state index in [4.69, 9.17) is 17.0 Å². The Bertz CT molecular complexity index is 2080. The molecule has 0 radical (unpaired) electrons. The third-order valence-corrected chi connectivity index (χ3v) is 7.56. The molecule has 228 valence electrons. The molecule has 44 heavy (non-hydrogen) atoms. The van der Waals surface area contributed by atoms with E-state index in [-0.39, 0.29) is 49.9 Å². The van der Waals surface area contributed by atoms with Gasteiger partial charge in [-0.15, -0.1) is 5.10 Å². The van der Waals surface area contributed by atoms with Crippen molar-refractivity contribution in [2.75, 3.05) is 5.32 Å². The number of aromatic nitrogens is 4. The summed E-state index contributed by atoms with van der Waals surface area (Å²) < 4.78 is 112. The number of benzene rings is 3. The second-order valence-electron chi connectivity index (χ2n) is 9.97. The number of nitrogens with zero attached hydrogens (tertiary/aromatic N) is 4. The van der Waals surface area contributed by atoms with Gasteiger partial charge in [0.2, 0.25) is 5.62 Å². The van der Waals surface area contributed by atoms with E-state index in [9.17, 15) is 39.9 Å². The summed E-state index contributed by atoms with van der Waals surface area (Å²) in [5, 5.41) is 20.2. The number of amides is 1. The molecule has 0 bridgehead atoms. The number of alkyl halides is 6. The largest absolute Gasteiger partial charge is 0.417 e. The Morgan fingerprint density at radius 1 is 1.05 bits per heavy atom. The van der Waals surface area contributed by atoms with Crippen molar-refractivity contribution >= 4 is 50.8 Å². The van der Waals surface area contributed by atoms with Crippen LogP contribution in [0.1, 0.15) is 33.1 Å². The number of hydrogen-bond donors (Lipinski definition) is 3. The number of carbonyl (C=O) groups is 1. The molecule has 0 fully saturated rings. The van der Waals surface area contributed by atoms with Crippen LogP contribution in [-0.4, -0.2) is 31.4 Å². The van der Waals surface area contributed by atoms with E-state index >= 15 is 0 Å². The first-order chi connectivity index (χ1) is 20.5. The van der Waals surface area contributed by atoms with Crippen LogP contribution in [0.25, 0.3) is 21.8 Å². The lowest BCUT2D eigenvalue weighted by Crippen LogP contribution is -2.29. The van der Waals surface area contributed by atoms with Crippen LogP contribution in [0.5, 0.6) is 0 Å². The van der Waals surface area contributed by atoms with Crippen molar-refractivity contribution in [2.24, 2.45) is 7.05 Å². The second kappa shape index (κ2) is 9.90. The number of nitrogens with one attached hydrogen (secondary N) is 3. The summed E-state index contributed by atoms with van der Waals surface area (Å²) in [5.74, 6) is -3.23. The van der Waals surface area contributed by atoms with Crippen molar-refractivity contribution < 1.29 is 39.9 Å². The van der Waals surface area contributed by atoms with Crippen molar-refractivity contribution in [1.29, 1.82) is 5.41 Å². The maximum Gasteiger partial charge on any atom is 0.417 e. The molecule has 0 spiro atoms. The number of imidazole rings is 1. The van der Waals surface area contributed by atoms with E-state index in [2.05, 4.69) is 20.8 Å². The van der Waals surface area contributed by atoms with Crippen molar-refractivity contribution in [1.82, 2.24) is 24.6 Å². The molecule has 17 heteroatoms. The highest BCUT2D eigenvalue weighted by Crippen LogP contribution is 2.44. The smallest absolute Gasteiger partial charge is 0.341 e. The van der Waals surface area contributed by atoms with Gasteiger partial charge in [0, 0.05) is 39.7 Å². The summed E-state index contributed by atoms with van der Waals surface area (Å²) in [6.07, 6.45) is -8.99. The van der Waals surface area contributed by atoms with E-state index in [1.165, 1.54) is 13.1 Å².